The minimum Gasteiger partial charge on any atom is -0.369 e. The van der Waals surface area contributed by atoms with Gasteiger partial charge >= 0.3 is 0 Å². The minimum atomic E-state index is -0.456. The quantitative estimate of drug-likeness (QED) is 0.379. The maximum absolute atomic E-state index is 10.5. The molecule has 0 aliphatic carbocycles. The lowest BCUT2D eigenvalue weighted by molar-refractivity contribution is -0.385. The molecular formula is C13H13N3O2S. The van der Waals surface area contributed by atoms with Crippen LogP contribution in [0.5, 0.6) is 0 Å². The largest absolute Gasteiger partial charge is 0.369 e. The summed E-state index contributed by atoms with van der Waals surface area (Å²) in [5.41, 5.74) is 0.00390. The van der Waals surface area contributed by atoms with E-state index in [-0.39, 0.29) is 5.69 Å². The normalized spacial score (nSPS) is 10.1. The summed E-state index contributed by atoms with van der Waals surface area (Å²) in [5, 5.41) is 13.6. The highest BCUT2D eigenvalue weighted by molar-refractivity contribution is 7.99. The molecule has 0 radical (unpaired) electrons. The molecule has 0 amide bonds. The molecule has 0 saturated carbocycles. The van der Waals surface area contributed by atoms with Crippen molar-refractivity contribution in [2.45, 2.75) is 4.90 Å². The van der Waals surface area contributed by atoms with Gasteiger partial charge in [0.25, 0.3) is 5.69 Å². The number of nitrogens with one attached hydrogen (secondary N) is 1. The number of anilines is 1. The Balaban J connectivity index is 1.75. The van der Waals surface area contributed by atoms with Crippen LogP contribution >= 0.6 is 11.8 Å². The van der Waals surface area contributed by atoms with Gasteiger partial charge in [-0.25, -0.2) is 4.98 Å². The van der Waals surface area contributed by atoms with Crippen LogP contribution in [0.1, 0.15) is 0 Å². The lowest BCUT2D eigenvalue weighted by atomic mass is 10.4. The molecule has 1 aromatic carbocycles. The Kier molecular flexibility index (Phi) is 4.74. The predicted octanol–water partition coefficient (Wildman–Crippen LogP) is 3.19. The van der Waals surface area contributed by atoms with Gasteiger partial charge in [-0.3, -0.25) is 10.1 Å². The third-order valence-corrected chi connectivity index (χ3v) is 3.39. The molecule has 98 valence electrons. The molecule has 6 heteroatoms. The highest BCUT2D eigenvalue weighted by atomic mass is 32.2. The molecule has 0 spiro atoms. The van der Waals surface area contributed by atoms with E-state index in [1.165, 1.54) is 17.2 Å². The van der Waals surface area contributed by atoms with Crippen molar-refractivity contribution in [1.82, 2.24) is 4.98 Å². The summed E-state index contributed by atoms with van der Waals surface area (Å²) in [7, 11) is 0. The van der Waals surface area contributed by atoms with E-state index in [9.17, 15) is 10.1 Å². The fourth-order valence-corrected chi connectivity index (χ4v) is 2.25. The Bertz CT molecular complexity index is 531. The minimum absolute atomic E-state index is 0.00390. The molecule has 0 unspecified atom stereocenters. The molecule has 0 aliphatic heterocycles. The lowest BCUT2D eigenvalue weighted by Crippen LogP contribution is -2.05. The number of hydrogen-bond donors (Lipinski definition) is 1. The summed E-state index contributed by atoms with van der Waals surface area (Å²) in [6.07, 6.45) is 1.26. The van der Waals surface area contributed by atoms with E-state index in [0.717, 1.165) is 12.3 Å². The molecule has 19 heavy (non-hydrogen) atoms. The van der Waals surface area contributed by atoms with Gasteiger partial charge in [0.2, 0.25) is 0 Å². The van der Waals surface area contributed by atoms with Crippen LogP contribution in [0.3, 0.4) is 0 Å². The van der Waals surface area contributed by atoms with Crippen LogP contribution in [-0.4, -0.2) is 22.2 Å². The number of aromatic nitrogens is 1. The molecular weight excluding hydrogens is 262 g/mol. The van der Waals surface area contributed by atoms with Gasteiger partial charge in [-0.05, 0) is 18.2 Å². The van der Waals surface area contributed by atoms with Crippen molar-refractivity contribution < 1.29 is 4.92 Å². The first-order valence-electron chi connectivity index (χ1n) is 5.78. The molecule has 0 saturated heterocycles. The van der Waals surface area contributed by atoms with E-state index in [4.69, 9.17) is 0 Å². The summed E-state index contributed by atoms with van der Waals surface area (Å²) in [5.74, 6) is 1.56. The van der Waals surface area contributed by atoms with Crippen molar-refractivity contribution in [3.05, 3.63) is 58.8 Å². The Morgan fingerprint density at radius 1 is 1.21 bits per heavy atom. The zero-order valence-corrected chi connectivity index (χ0v) is 11.0. The summed E-state index contributed by atoms with van der Waals surface area (Å²) in [4.78, 5) is 15.2. The number of hydrogen-bond acceptors (Lipinski definition) is 5. The number of rotatable bonds is 6. The fraction of sp³-hybridized carbons (Fsp3) is 0.154. The third kappa shape index (κ3) is 4.26. The second-order valence-electron chi connectivity index (χ2n) is 3.75. The molecule has 0 aliphatic rings. The van der Waals surface area contributed by atoms with E-state index in [1.54, 1.807) is 17.8 Å². The predicted molar refractivity (Wildman–Crippen MR) is 76.5 cm³/mol. The van der Waals surface area contributed by atoms with E-state index >= 15 is 0 Å². The zero-order valence-electron chi connectivity index (χ0n) is 10.2. The van der Waals surface area contributed by atoms with Crippen molar-refractivity contribution in [1.29, 1.82) is 0 Å². The van der Waals surface area contributed by atoms with E-state index in [1.807, 2.05) is 18.2 Å². The second-order valence-corrected chi connectivity index (χ2v) is 4.92. The molecule has 1 heterocycles. The third-order valence-electron chi connectivity index (χ3n) is 2.38. The molecule has 2 rings (SSSR count). The van der Waals surface area contributed by atoms with E-state index < -0.39 is 4.92 Å². The standard InChI is InChI=1S/C13H13N3O2S/c17-16(18)11-6-7-13(15-10-11)14-8-9-19-12-4-2-1-3-5-12/h1-7,10H,8-9H2,(H,14,15). The van der Waals surface area contributed by atoms with E-state index in [0.29, 0.717) is 5.82 Å². The smallest absolute Gasteiger partial charge is 0.287 e. The summed E-state index contributed by atoms with van der Waals surface area (Å²) >= 11 is 1.75. The lowest BCUT2D eigenvalue weighted by Gasteiger charge is -2.05. The maximum atomic E-state index is 10.5. The Labute approximate surface area is 115 Å². The zero-order chi connectivity index (χ0) is 13.5. The van der Waals surface area contributed by atoms with Crippen molar-refractivity contribution in [3.63, 3.8) is 0 Å². The van der Waals surface area contributed by atoms with Gasteiger partial charge in [-0.1, -0.05) is 18.2 Å². The Morgan fingerprint density at radius 2 is 2.00 bits per heavy atom. The molecule has 5 nitrogen and oxygen atoms in total. The first-order chi connectivity index (χ1) is 9.25. The highest BCUT2D eigenvalue weighted by Gasteiger charge is 2.04. The topological polar surface area (TPSA) is 68.1 Å². The molecule has 0 fully saturated rings. The van der Waals surface area contributed by atoms with Crippen LogP contribution in [0.15, 0.2) is 53.6 Å². The number of thioether (sulfide) groups is 1. The number of nitrogens with zero attached hydrogens (tertiary/aromatic N) is 2. The molecule has 0 atom stereocenters. The monoisotopic (exact) mass is 275 g/mol. The summed E-state index contributed by atoms with van der Waals surface area (Å²) < 4.78 is 0. The van der Waals surface area contributed by atoms with Crippen LogP contribution < -0.4 is 5.32 Å². The van der Waals surface area contributed by atoms with Crippen molar-refractivity contribution >= 4 is 23.3 Å². The van der Waals surface area contributed by atoms with Crippen molar-refractivity contribution in [2.24, 2.45) is 0 Å². The molecule has 2 aromatic rings. The van der Waals surface area contributed by atoms with Gasteiger partial charge in [0.15, 0.2) is 0 Å². The van der Waals surface area contributed by atoms with Crippen LogP contribution in [0.2, 0.25) is 0 Å². The average Bonchev–Trinajstić information content (AvgIpc) is 2.45. The van der Waals surface area contributed by atoms with Gasteiger partial charge < -0.3 is 5.32 Å². The van der Waals surface area contributed by atoms with Crippen molar-refractivity contribution in [3.8, 4) is 0 Å². The Hall–Kier alpha value is -2.08. The SMILES string of the molecule is O=[N+]([O-])c1ccc(NCCSc2ccccc2)nc1. The average molecular weight is 275 g/mol. The second kappa shape index (κ2) is 6.75. The van der Waals surface area contributed by atoms with Gasteiger partial charge in [0.05, 0.1) is 4.92 Å². The fourth-order valence-electron chi connectivity index (χ4n) is 1.46. The highest BCUT2D eigenvalue weighted by Crippen LogP contribution is 2.17. The first-order valence-corrected chi connectivity index (χ1v) is 6.76. The number of nitro groups is 1. The van der Waals surface area contributed by atoms with Gasteiger partial charge in [0.1, 0.15) is 12.0 Å². The van der Waals surface area contributed by atoms with Crippen LogP contribution in [-0.2, 0) is 0 Å². The number of benzene rings is 1. The molecule has 0 bridgehead atoms. The Morgan fingerprint density at radius 3 is 2.63 bits per heavy atom. The van der Waals surface area contributed by atoms with Crippen molar-refractivity contribution in [2.75, 3.05) is 17.6 Å². The van der Waals surface area contributed by atoms with Gasteiger partial charge in [0, 0.05) is 23.3 Å². The van der Waals surface area contributed by atoms with Crippen LogP contribution in [0.4, 0.5) is 11.5 Å². The van der Waals surface area contributed by atoms with Crippen LogP contribution in [0, 0.1) is 10.1 Å². The molecule has 1 N–H and O–H groups in total. The summed E-state index contributed by atoms with van der Waals surface area (Å²) in [6, 6.07) is 13.2. The first kappa shape index (κ1) is 13.4. The number of pyridine rings is 1. The van der Waals surface area contributed by atoms with Gasteiger partial charge in [-0.2, -0.15) is 0 Å². The molecule has 1 aromatic heterocycles. The van der Waals surface area contributed by atoms with Gasteiger partial charge in [-0.15, -0.1) is 11.8 Å². The van der Waals surface area contributed by atoms with E-state index in [2.05, 4.69) is 22.4 Å². The summed E-state index contributed by atoms with van der Waals surface area (Å²) in [6.45, 7) is 0.754. The maximum Gasteiger partial charge on any atom is 0.287 e. The van der Waals surface area contributed by atoms with Crippen LogP contribution in [0.25, 0.3) is 0 Å².